The molecule has 1 fully saturated rings. The van der Waals surface area contributed by atoms with E-state index in [-0.39, 0.29) is 17.9 Å². The number of nitrogens with zero attached hydrogens (tertiary/aromatic N) is 2. The quantitative estimate of drug-likeness (QED) is 0.510. The van der Waals surface area contributed by atoms with Crippen molar-refractivity contribution < 1.29 is 23.8 Å². The van der Waals surface area contributed by atoms with E-state index in [1.807, 2.05) is 30.7 Å². The Morgan fingerprint density at radius 1 is 1.30 bits per heavy atom. The second-order valence-corrected chi connectivity index (χ2v) is 9.00. The molecule has 1 aromatic heterocycles. The largest absolute Gasteiger partial charge is 0.496 e. The molecular weight excluding hydrogens is 422 g/mol. The fourth-order valence-electron chi connectivity index (χ4n) is 4.81. The second-order valence-electron chi connectivity index (χ2n) is 9.00. The fraction of sp³-hybridized carbons (Fsp3) is 0.560. The topological polar surface area (TPSA) is 91.7 Å². The van der Waals surface area contributed by atoms with Crippen LogP contribution in [0, 0.1) is 12.3 Å². The molecule has 2 aromatic rings. The van der Waals surface area contributed by atoms with Gasteiger partial charge in [0.25, 0.3) is 5.91 Å². The molecule has 1 spiro atoms. The Kier molecular flexibility index (Phi) is 7.02. The smallest absolute Gasteiger partial charge is 0.341 e. The van der Waals surface area contributed by atoms with Gasteiger partial charge in [-0.1, -0.05) is 6.07 Å². The van der Waals surface area contributed by atoms with E-state index in [0.29, 0.717) is 42.9 Å². The number of carbonyl (C=O) groups is 2. The minimum absolute atomic E-state index is 0.0178. The average molecular weight is 456 g/mol. The molecule has 0 unspecified atom stereocenters. The first-order valence-electron chi connectivity index (χ1n) is 11.7. The molecule has 8 heteroatoms. The van der Waals surface area contributed by atoms with Crippen molar-refractivity contribution in [2.75, 3.05) is 33.5 Å². The molecule has 33 heavy (non-hydrogen) atoms. The van der Waals surface area contributed by atoms with Crippen LogP contribution in [-0.4, -0.2) is 55.1 Å². The molecule has 8 nitrogen and oxygen atoms in total. The molecule has 1 aromatic carbocycles. The van der Waals surface area contributed by atoms with Gasteiger partial charge in [0.05, 0.1) is 19.4 Å². The van der Waals surface area contributed by atoms with Crippen molar-refractivity contribution in [2.24, 2.45) is 5.41 Å². The van der Waals surface area contributed by atoms with Crippen LogP contribution in [0.15, 0.2) is 18.2 Å². The summed E-state index contributed by atoms with van der Waals surface area (Å²) in [5, 5.41) is 7.88. The number of benzene rings is 1. The van der Waals surface area contributed by atoms with E-state index in [1.165, 1.54) is 0 Å². The number of aryl methyl sites for hydroxylation is 3. The van der Waals surface area contributed by atoms with Crippen molar-refractivity contribution in [2.45, 2.75) is 52.5 Å². The van der Waals surface area contributed by atoms with Crippen LogP contribution in [0.25, 0.3) is 0 Å². The van der Waals surface area contributed by atoms with Crippen molar-refractivity contribution in [1.82, 2.24) is 15.1 Å². The van der Waals surface area contributed by atoms with E-state index in [4.69, 9.17) is 19.3 Å². The van der Waals surface area contributed by atoms with Gasteiger partial charge in [0, 0.05) is 31.9 Å². The van der Waals surface area contributed by atoms with Gasteiger partial charge in [-0.15, -0.1) is 0 Å². The SMILES string of the molecule is CCn1nc(CCCOC(=O)c2ccc(C)cc2OC)c2c1C(=O)NCC1(CCOCC1)C2. The zero-order valence-corrected chi connectivity index (χ0v) is 19.7. The van der Waals surface area contributed by atoms with E-state index in [0.717, 1.165) is 49.3 Å². The number of amides is 1. The lowest BCUT2D eigenvalue weighted by atomic mass is 9.75. The predicted molar refractivity (Wildman–Crippen MR) is 123 cm³/mol. The number of fused-ring (bicyclic) bond motifs is 1. The molecule has 1 N–H and O–H groups in total. The molecular formula is C25H33N3O5. The van der Waals surface area contributed by atoms with Crippen LogP contribution in [0.5, 0.6) is 5.75 Å². The van der Waals surface area contributed by atoms with Gasteiger partial charge in [0.2, 0.25) is 0 Å². The molecule has 0 bridgehead atoms. The Bertz CT molecular complexity index is 1020. The number of rotatable bonds is 7. The van der Waals surface area contributed by atoms with Crippen molar-refractivity contribution in [1.29, 1.82) is 0 Å². The molecule has 4 rings (SSSR count). The normalized spacial score (nSPS) is 17.2. The Hall–Kier alpha value is -2.87. The Labute approximate surface area is 194 Å². The highest BCUT2D eigenvalue weighted by Crippen LogP contribution is 2.37. The van der Waals surface area contributed by atoms with Crippen LogP contribution in [0.3, 0.4) is 0 Å². The lowest BCUT2D eigenvalue weighted by Gasteiger charge is -2.36. The third-order valence-corrected chi connectivity index (χ3v) is 6.75. The predicted octanol–water partition coefficient (Wildman–Crippen LogP) is 3.09. The lowest BCUT2D eigenvalue weighted by Crippen LogP contribution is -2.40. The highest BCUT2D eigenvalue weighted by Gasteiger charge is 2.39. The number of hydrogen-bond acceptors (Lipinski definition) is 6. The van der Waals surface area contributed by atoms with Crippen LogP contribution in [0.1, 0.15) is 63.9 Å². The number of esters is 1. The van der Waals surface area contributed by atoms with Gasteiger partial charge < -0.3 is 19.5 Å². The molecule has 0 saturated carbocycles. The maximum Gasteiger partial charge on any atom is 0.341 e. The van der Waals surface area contributed by atoms with E-state index >= 15 is 0 Å². The van der Waals surface area contributed by atoms with Crippen molar-refractivity contribution in [3.8, 4) is 5.75 Å². The zero-order valence-electron chi connectivity index (χ0n) is 19.7. The number of hydrogen-bond donors (Lipinski definition) is 1. The standard InChI is InChI=1S/C25H33N3O5/c1-4-28-22-19(15-25(16-26-23(22)29)9-12-32-13-10-25)20(27-28)6-5-11-33-24(30)18-8-7-17(2)14-21(18)31-3/h7-8,14H,4-6,9-13,15-16H2,1-3H3,(H,26,29). The average Bonchev–Trinajstić information content (AvgIpc) is 3.10. The van der Waals surface area contributed by atoms with E-state index in [2.05, 4.69) is 5.32 Å². The summed E-state index contributed by atoms with van der Waals surface area (Å²) >= 11 is 0. The van der Waals surface area contributed by atoms with Crippen molar-refractivity contribution >= 4 is 11.9 Å². The van der Waals surface area contributed by atoms with Crippen LogP contribution < -0.4 is 10.1 Å². The Balaban J connectivity index is 1.45. The van der Waals surface area contributed by atoms with Gasteiger partial charge in [-0.3, -0.25) is 9.48 Å². The first-order chi connectivity index (χ1) is 16.0. The highest BCUT2D eigenvalue weighted by atomic mass is 16.5. The van der Waals surface area contributed by atoms with Gasteiger partial charge in [-0.2, -0.15) is 5.10 Å². The van der Waals surface area contributed by atoms with Gasteiger partial charge in [0.15, 0.2) is 0 Å². The molecule has 2 aliphatic rings. The summed E-state index contributed by atoms with van der Waals surface area (Å²) in [4.78, 5) is 25.4. The minimum atomic E-state index is -0.398. The third kappa shape index (κ3) is 4.90. The third-order valence-electron chi connectivity index (χ3n) is 6.75. The van der Waals surface area contributed by atoms with Crippen molar-refractivity contribution in [3.05, 3.63) is 46.3 Å². The van der Waals surface area contributed by atoms with Gasteiger partial charge >= 0.3 is 5.97 Å². The summed E-state index contributed by atoms with van der Waals surface area (Å²) in [6.45, 7) is 6.96. The summed E-state index contributed by atoms with van der Waals surface area (Å²) in [5.41, 5.74) is 4.10. The first-order valence-corrected chi connectivity index (χ1v) is 11.7. The maximum absolute atomic E-state index is 12.9. The fourth-order valence-corrected chi connectivity index (χ4v) is 4.81. The molecule has 178 valence electrons. The first kappa shape index (κ1) is 23.3. The maximum atomic E-state index is 12.9. The number of carbonyl (C=O) groups excluding carboxylic acids is 2. The van der Waals surface area contributed by atoms with Gasteiger partial charge in [-0.05, 0) is 69.1 Å². The molecule has 1 saturated heterocycles. The lowest BCUT2D eigenvalue weighted by molar-refractivity contribution is 0.0160. The summed E-state index contributed by atoms with van der Waals surface area (Å²) in [6, 6.07) is 5.41. The zero-order chi connectivity index (χ0) is 23.4. The van der Waals surface area contributed by atoms with Crippen molar-refractivity contribution in [3.63, 3.8) is 0 Å². The molecule has 0 aliphatic carbocycles. The molecule has 2 aliphatic heterocycles. The highest BCUT2D eigenvalue weighted by molar-refractivity contribution is 5.95. The van der Waals surface area contributed by atoms with Crippen LogP contribution in [0.4, 0.5) is 0 Å². The molecule has 3 heterocycles. The van der Waals surface area contributed by atoms with Crippen LogP contribution >= 0.6 is 0 Å². The number of nitrogens with one attached hydrogen (secondary N) is 1. The van der Waals surface area contributed by atoms with E-state index in [1.54, 1.807) is 13.2 Å². The number of methoxy groups -OCH3 is 1. The summed E-state index contributed by atoms with van der Waals surface area (Å²) in [6.07, 6.45) is 3.96. The van der Waals surface area contributed by atoms with E-state index < -0.39 is 5.97 Å². The number of ether oxygens (including phenoxy) is 3. The Morgan fingerprint density at radius 3 is 2.82 bits per heavy atom. The summed E-state index contributed by atoms with van der Waals surface area (Å²) in [5.74, 6) is 0.0666. The minimum Gasteiger partial charge on any atom is -0.496 e. The number of aromatic nitrogens is 2. The molecule has 1 amide bonds. The summed E-state index contributed by atoms with van der Waals surface area (Å²) < 4.78 is 18.2. The molecule has 0 atom stereocenters. The molecule has 0 radical (unpaired) electrons. The second kappa shape index (κ2) is 9.95. The Morgan fingerprint density at radius 2 is 2.09 bits per heavy atom. The van der Waals surface area contributed by atoms with Gasteiger partial charge in [0.1, 0.15) is 17.0 Å². The van der Waals surface area contributed by atoms with Crippen LogP contribution in [-0.2, 0) is 28.9 Å². The van der Waals surface area contributed by atoms with Crippen LogP contribution in [0.2, 0.25) is 0 Å². The monoisotopic (exact) mass is 455 g/mol. The van der Waals surface area contributed by atoms with Gasteiger partial charge in [-0.25, -0.2) is 4.79 Å². The van der Waals surface area contributed by atoms with E-state index in [9.17, 15) is 9.59 Å². The summed E-state index contributed by atoms with van der Waals surface area (Å²) in [7, 11) is 1.54.